The average Bonchev–Trinajstić information content (AvgIpc) is 3.13. The van der Waals surface area contributed by atoms with Gasteiger partial charge in [-0.15, -0.1) is 12.4 Å². The van der Waals surface area contributed by atoms with Gasteiger partial charge in [-0.1, -0.05) is 6.42 Å². The van der Waals surface area contributed by atoms with Crippen LogP contribution in [0.5, 0.6) is 0 Å². The largest absolute Gasteiger partial charge is 0.353 e. The number of nitrogens with one attached hydrogen (secondary N) is 1. The van der Waals surface area contributed by atoms with Crippen LogP contribution in [0.3, 0.4) is 0 Å². The molecule has 1 aliphatic carbocycles. The number of aryl methyl sites for hydroxylation is 3. The molecule has 7 nitrogen and oxygen atoms in total. The van der Waals surface area contributed by atoms with Crippen LogP contribution < -0.4 is 11.1 Å². The number of nitrogens with zero attached hydrogens (tertiary/aromatic N) is 4. The quantitative estimate of drug-likeness (QED) is 0.811. The number of hydrogen-bond acceptors (Lipinski definition) is 5. The molecule has 1 aliphatic rings. The Kier molecular flexibility index (Phi) is 6.95. The van der Waals surface area contributed by atoms with E-state index in [9.17, 15) is 4.79 Å². The molecule has 148 valence electrons. The zero-order valence-electron chi connectivity index (χ0n) is 16.5. The summed E-state index contributed by atoms with van der Waals surface area (Å²) in [6.45, 7) is 8.39. The first-order chi connectivity index (χ1) is 12.4. The van der Waals surface area contributed by atoms with E-state index in [0.717, 1.165) is 47.6 Å². The third kappa shape index (κ3) is 4.65. The molecule has 0 aromatic carbocycles. The highest BCUT2D eigenvalue weighted by molar-refractivity contribution is 5.85. The fourth-order valence-electron chi connectivity index (χ4n) is 3.85. The molecule has 2 aromatic heterocycles. The van der Waals surface area contributed by atoms with Crippen molar-refractivity contribution in [1.82, 2.24) is 25.1 Å². The van der Waals surface area contributed by atoms with E-state index in [2.05, 4.69) is 20.4 Å². The van der Waals surface area contributed by atoms with E-state index in [-0.39, 0.29) is 24.4 Å². The zero-order valence-corrected chi connectivity index (χ0v) is 17.3. The molecule has 1 amide bonds. The molecule has 3 N–H and O–H groups in total. The maximum Gasteiger partial charge on any atom is 0.251 e. The smallest absolute Gasteiger partial charge is 0.251 e. The Morgan fingerprint density at radius 2 is 1.89 bits per heavy atom. The average molecular weight is 393 g/mol. The van der Waals surface area contributed by atoms with E-state index in [4.69, 9.17) is 5.73 Å². The maximum absolute atomic E-state index is 12.6. The Morgan fingerprint density at radius 1 is 1.22 bits per heavy atom. The van der Waals surface area contributed by atoms with Crippen molar-refractivity contribution in [3.8, 4) is 5.95 Å². The molecular formula is C19H29ClN6O. The molecule has 1 saturated carbocycles. The number of carbonyl (C=O) groups is 1. The van der Waals surface area contributed by atoms with Crippen LogP contribution in [-0.2, 0) is 11.2 Å². The van der Waals surface area contributed by atoms with E-state index in [1.807, 2.05) is 33.8 Å². The standard InChI is InChI=1S/C19H28N6O.ClH/c1-11-8-12(2)22-19(21-11)25-14(4)16(13(3)24-25)9-18(26)23-17-7-5-6-15(17)10-20;/h8,15,17H,5-7,9-10,20H2,1-4H3,(H,23,26);1H. The van der Waals surface area contributed by atoms with Crippen molar-refractivity contribution in [2.45, 2.75) is 59.4 Å². The van der Waals surface area contributed by atoms with Crippen molar-refractivity contribution in [2.24, 2.45) is 11.7 Å². The van der Waals surface area contributed by atoms with E-state index in [0.29, 0.717) is 24.8 Å². The first-order valence-electron chi connectivity index (χ1n) is 9.26. The van der Waals surface area contributed by atoms with Crippen LogP contribution >= 0.6 is 12.4 Å². The SMILES string of the molecule is Cc1cc(C)nc(-n2nc(C)c(CC(=O)NC3CCCC3CN)c2C)n1.Cl. The minimum Gasteiger partial charge on any atom is -0.353 e. The highest BCUT2D eigenvalue weighted by atomic mass is 35.5. The zero-order chi connectivity index (χ0) is 18.8. The molecule has 0 saturated heterocycles. The molecule has 8 heteroatoms. The number of carbonyl (C=O) groups excluding carboxylic acids is 1. The van der Waals surface area contributed by atoms with Gasteiger partial charge in [0.2, 0.25) is 5.91 Å². The lowest BCUT2D eigenvalue weighted by molar-refractivity contribution is -0.121. The van der Waals surface area contributed by atoms with Crippen molar-refractivity contribution >= 4 is 18.3 Å². The molecular weight excluding hydrogens is 364 g/mol. The summed E-state index contributed by atoms with van der Waals surface area (Å²) in [6.07, 6.45) is 3.56. The van der Waals surface area contributed by atoms with E-state index in [1.54, 1.807) is 4.68 Å². The summed E-state index contributed by atoms with van der Waals surface area (Å²) in [6, 6.07) is 2.13. The van der Waals surface area contributed by atoms with Gasteiger partial charge in [0.25, 0.3) is 5.95 Å². The minimum atomic E-state index is 0. The van der Waals surface area contributed by atoms with E-state index in [1.165, 1.54) is 0 Å². The van der Waals surface area contributed by atoms with Gasteiger partial charge in [0.05, 0.1) is 12.1 Å². The van der Waals surface area contributed by atoms with Crippen LogP contribution in [0.4, 0.5) is 0 Å². The molecule has 2 atom stereocenters. The number of amides is 1. The number of nitrogens with two attached hydrogens (primary N) is 1. The topological polar surface area (TPSA) is 98.7 Å². The first kappa shape index (κ1) is 21.3. The van der Waals surface area contributed by atoms with Gasteiger partial charge in [0, 0.05) is 28.7 Å². The molecule has 0 spiro atoms. The fraction of sp³-hybridized carbons (Fsp3) is 0.579. The molecule has 3 rings (SSSR count). The van der Waals surface area contributed by atoms with Gasteiger partial charge < -0.3 is 11.1 Å². The second-order valence-electron chi connectivity index (χ2n) is 7.29. The Hall–Kier alpha value is -1.99. The fourth-order valence-corrected chi connectivity index (χ4v) is 3.85. The lowest BCUT2D eigenvalue weighted by Crippen LogP contribution is -2.40. The van der Waals surface area contributed by atoms with Gasteiger partial charge >= 0.3 is 0 Å². The van der Waals surface area contributed by atoms with Crippen LogP contribution in [0.2, 0.25) is 0 Å². The third-order valence-electron chi connectivity index (χ3n) is 5.25. The third-order valence-corrected chi connectivity index (χ3v) is 5.25. The summed E-state index contributed by atoms with van der Waals surface area (Å²) in [5.74, 6) is 0.976. The molecule has 1 fully saturated rings. The lowest BCUT2D eigenvalue weighted by Gasteiger charge is -2.19. The van der Waals surface area contributed by atoms with Crippen molar-refractivity contribution in [3.05, 3.63) is 34.4 Å². The Balaban J connectivity index is 0.00000261. The summed E-state index contributed by atoms with van der Waals surface area (Å²) < 4.78 is 1.73. The minimum absolute atomic E-state index is 0. The molecule has 2 unspecified atom stereocenters. The summed E-state index contributed by atoms with van der Waals surface area (Å²) >= 11 is 0. The van der Waals surface area contributed by atoms with Gasteiger partial charge in [-0.25, -0.2) is 14.6 Å². The van der Waals surface area contributed by atoms with Crippen LogP contribution in [0.25, 0.3) is 5.95 Å². The molecule has 0 radical (unpaired) electrons. The Bertz CT molecular complexity index is 799. The summed E-state index contributed by atoms with van der Waals surface area (Å²) in [5, 5.41) is 7.73. The second kappa shape index (κ2) is 8.80. The molecule has 0 aliphatic heterocycles. The van der Waals surface area contributed by atoms with E-state index >= 15 is 0 Å². The van der Waals surface area contributed by atoms with Crippen LogP contribution in [0.1, 0.15) is 47.6 Å². The highest BCUT2D eigenvalue weighted by Gasteiger charge is 2.28. The predicted octanol–water partition coefficient (Wildman–Crippen LogP) is 2.10. The summed E-state index contributed by atoms with van der Waals surface area (Å²) in [4.78, 5) is 21.5. The number of hydrogen-bond donors (Lipinski definition) is 2. The van der Waals surface area contributed by atoms with Crippen LogP contribution in [0, 0.1) is 33.6 Å². The highest BCUT2D eigenvalue weighted by Crippen LogP contribution is 2.25. The second-order valence-corrected chi connectivity index (χ2v) is 7.29. The normalized spacial score (nSPS) is 19.0. The van der Waals surface area contributed by atoms with Crippen molar-refractivity contribution < 1.29 is 4.79 Å². The molecule has 27 heavy (non-hydrogen) atoms. The number of aromatic nitrogens is 4. The maximum atomic E-state index is 12.6. The van der Waals surface area contributed by atoms with Crippen LogP contribution in [-0.4, -0.2) is 38.2 Å². The van der Waals surface area contributed by atoms with Gasteiger partial charge in [0.1, 0.15) is 0 Å². The van der Waals surface area contributed by atoms with E-state index < -0.39 is 0 Å². The van der Waals surface area contributed by atoms with Gasteiger partial charge in [-0.05, 0) is 59.1 Å². The lowest BCUT2D eigenvalue weighted by atomic mass is 10.0. The van der Waals surface area contributed by atoms with Crippen molar-refractivity contribution in [1.29, 1.82) is 0 Å². The Labute approximate surface area is 166 Å². The number of rotatable bonds is 5. The van der Waals surface area contributed by atoms with Crippen molar-refractivity contribution in [3.63, 3.8) is 0 Å². The summed E-state index contributed by atoms with van der Waals surface area (Å²) in [7, 11) is 0. The molecule has 2 heterocycles. The number of halogens is 1. The van der Waals surface area contributed by atoms with Crippen molar-refractivity contribution in [2.75, 3.05) is 6.54 Å². The molecule has 2 aromatic rings. The Morgan fingerprint density at radius 3 is 2.52 bits per heavy atom. The van der Waals surface area contributed by atoms with Gasteiger partial charge in [0.15, 0.2) is 0 Å². The van der Waals surface area contributed by atoms with Crippen LogP contribution in [0.15, 0.2) is 6.07 Å². The van der Waals surface area contributed by atoms with Gasteiger partial charge in [-0.3, -0.25) is 4.79 Å². The monoisotopic (exact) mass is 392 g/mol. The molecule has 0 bridgehead atoms. The summed E-state index contributed by atoms with van der Waals surface area (Å²) in [5.41, 5.74) is 10.3. The predicted molar refractivity (Wildman–Crippen MR) is 107 cm³/mol. The van der Waals surface area contributed by atoms with Gasteiger partial charge in [-0.2, -0.15) is 5.10 Å². The first-order valence-corrected chi connectivity index (χ1v) is 9.26.